The molecule has 4 nitrogen and oxygen atoms in total. The first-order chi connectivity index (χ1) is 12.8. The van der Waals surface area contributed by atoms with Crippen LogP contribution in [-0.2, 0) is 15.4 Å². The molecule has 148 valence electrons. The fourth-order valence-electron chi connectivity index (χ4n) is 3.56. The predicted octanol–water partition coefficient (Wildman–Crippen LogP) is 4.55. The van der Waals surface area contributed by atoms with Gasteiger partial charge in [0, 0.05) is 12.6 Å². The second kappa shape index (κ2) is 8.43. The lowest BCUT2D eigenvalue weighted by atomic mass is 9.87. The summed E-state index contributed by atoms with van der Waals surface area (Å²) in [5, 5.41) is 4.19. The van der Waals surface area contributed by atoms with Crippen molar-refractivity contribution >= 4 is 21.4 Å². The van der Waals surface area contributed by atoms with Gasteiger partial charge in [0.2, 0.25) is 10.0 Å². The van der Waals surface area contributed by atoms with E-state index in [-0.39, 0.29) is 11.5 Å². The number of nitrogens with one attached hydrogen (secondary N) is 1. The second-order valence-electron chi connectivity index (χ2n) is 8.30. The van der Waals surface area contributed by atoms with Crippen LogP contribution in [0.3, 0.4) is 0 Å². The number of sulfonamides is 1. The zero-order chi connectivity index (χ0) is 19.5. The molecule has 0 amide bonds. The van der Waals surface area contributed by atoms with E-state index in [4.69, 9.17) is 0 Å². The summed E-state index contributed by atoms with van der Waals surface area (Å²) in [6.45, 7) is 8.83. The molecular formula is C21H30N2O2S2. The van der Waals surface area contributed by atoms with Gasteiger partial charge in [0.15, 0.2) is 0 Å². The summed E-state index contributed by atoms with van der Waals surface area (Å²) in [4.78, 5) is 2.75. The molecule has 1 atom stereocenters. The molecule has 1 saturated heterocycles. The highest BCUT2D eigenvalue weighted by Gasteiger charge is 2.25. The first-order valence-electron chi connectivity index (χ1n) is 9.64. The molecule has 1 unspecified atom stereocenters. The van der Waals surface area contributed by atoms with E-state index in [1.807, 2.05) is 12.1 Å². The number of thiophene rings is 1. The SMILES string of the molecule is CC(C)(C)c1ccc(S(=O)(=O)NCC(c2ccsc2)N2CCCCC2)cc1. The summed E-state index contributed by atoms with van der Waals surface area (Å²) >= 11 is 1.66. The zero-order valence-corrected chi connectivity index (χ0v) is 18.1. The molecule has 1 aliphatic heterocycles. The van der Waals surface area contributed by atoms with Gasteiger partial charge in [-0.1, -0.05) is 39.3 Å². The highest BCUT2D eigenvalue weighted by atomic mass is 32.2. The van der Waals surface area contributed by atoms with Crippen LogP contribution in [0.25, 0.3) is 0 Å². The minimum Gasteiger partial charge on any atom is -0.295 e. The topological polar surface area (TPSA) is 49.4 Å². The molecule has 1 N–H and O–H groups in total. The highest BCUT2D eigenvalue weighted by Crippen LogP contribution is 2.27. The van der Waals surface area contributed by atoms with Crippen LogP contribution in [0.4, 0.5) is 0 Å². The van der Waals surface area contributed by atoms with Crippen molar-refractivity contribution in [2.24, 2.45) is 0 Å². The van der Waals surface area contributed by atoms with Gasteiger partial charge in [0.05, 0.1) is 4.90 Å². The first-order valence-corrected chi connectivity index (χ1v) is 12.1. The van der Waals surface area contributed by atoms with Crippen LogP contribution in [0.5, 0.6) is 0 Å². The Morgan fingerprint density at radius 1 is 1.07 bits per heavy atom. The van der Waals surface area contributed by atoms with Gasteiger partial charge in [0.1, 0.15) is 0 Å². The van der Waals surface area contributed by atoms with E-state index in [0.29, 0.717) is 11.4 Å². The lowest BCUT2D eigenvalue weighted by Gasteiger charge is -2.34. The lowest BCUT2D eigenvalue weighted by molar-refractivity contribution is 0.165. The van der Waals surface area contributed by atoms with E-state index in [9.17, 15) is 8.42 Å². The predicted molar refractivity (Wildman–Crippen MR) is 113 cm³/mol. The average molecular weight is 407 g/mol. The van der Waals surface area contributed by atoms with Crippen molar-refractivity contribution in [3.63, 3.8) is 0 Å². The third-order valence-corrected chi connectivity index (χ3v) is 7.40. The number of benzene rings is 1. The first kappa shape index (κ1) is 20.5. The van der Waals surface area contributed by atoms with Gasteiger partial charge >= 0.3 is 0 Å². The highest BCUT2D eigenvalue weighted by molar-refractivity contribution is 7.89. The Balaban J connectivity index is 1.73. The van der Waals surface area contributed by atoms with Crippen LogP contribution in [0.1, 0.15) is 57.2 Å². The maximum absolute atomic E-state index is 12.8. The van der Waals surface area contributed by atoms with Gasteiger partial charge in [-0.25, -0.2) is 13.1 Å². The van der Waals surface area contributed by atoms with Gasteiger partial charge in [-0.2, -0.15) is 11.3 Å². The molecule has 1 aliphatic rings. The van der Waals surface area contributed by atoms with Gasteiger partial charge in [0.25, 0.3) is 0 Å². The van der Waals surface area contributed by atoms with Crippen molar-refractivity contribution in [2.75, 3.05) is 19.6 Å². The van der Waals surface area contributed by atoms with E-state index in [1.165, 1.54) is 24.8 Å². The molecule has 0 radical (unpaired) electrons. The summed E-state index contributed by atoms with van der Waals surface area (Å²) in [6, 6.07) is 9.45. The maximum atomic E-state index is 12.8. The van der Waals surface area contributed by atoms with Gasteiger partial charge in [-0.05, 0) is 71.4 Å². The monoisotopic (exact) mass is 406 g/mol. The Bertz CT molecular complexity index is 816. The van der Waals surface area contributed by atoms with Crippen LogP contribution in [0, 0.1) is 0 Å². The van der Waals surface area contributed by atoms with Crippen LogP contribution in [0.2, 0.25) is 0 Å². The molecule has 0 bridgehead atoms. The molecule has 27 heavy (non-hydrogen) atoms. The van der Waals surface area contributed by atoms with E-state index < -0.39 is 10.0 Å². The molecule has 0 aliphatic carbocycles. The molecule has 1 aromatic carbocycles. The van der Waals surface area contributed by atoms with Crippen molar-refractivity contribution < 1.29 is 8.42 Å². The smallest absolute Gasteiger partial charge is 0.240 e. The van der Waals surface area contributed by atoms with Crippen molar-refractivity contribution in [2.45, 2.75) is 56.4 Å². The fraction of sp³-hybridized carbons (Fsp3) is 0.524. The van der Waals surface area contributed by atoms with E-state index in [1.54, 1.807) is 23.5 Å². The van der Waals surface area contributed by atoms with Crippen LogP contribution in [0.15, 0.2) is 46.0 Å². The number of likely N-dealkylation sites (tertiary alicyclic amines) is 1. The minimum absolute atomic E-state index is 0.00796. The normalized spacial score (nSPS) is 17.7. The summed E-state index contributed by atoms with van der Waals surface area (Å²) in [6.07, 6.45) is 3.63. The summed E-state index contributed by atoms with van der Waals surface area (Å²) in [7, 11) is -3.52. The van der Waals surface area contributed by atoms with Gasteiger partial charge < -0.3 is 0 Å². The largest absolute Gasteiger partial charge is 0.295 e. The Morgan fingerprint density at radius 2 is 1.74 bits per heavy atom. The van der Waals surface area contributed by atoms with Crippen molar-refractivity contribution in [3.05, 3.63) is 52.2 Å². The number of hydrogen-bond acceptors (Lipinski definition) is 4. The van der Waals surface area contributed by atoms with Crippen molar-refractivity contribution in [1.29, 1.82) is 0 Å². The Hall–Kier alpha value is -1.21. The van der Waals surface area contributed by atoms with Gasteiger partial charge in [-0.15, -0.1) is 0 Å². The molecule has 1 aromatic heterocycles. The lowest BCUT2D eigenvalue weighted by Crippen LogP contribution is -2.40. The molecule has 2 aromatic rings. The Kier molecular flexibility index (Phi) is 6.41. The molecule has 0 spiro atoms. The quantitative estimate of drug-likeness (QED) is 0.765. The minimum atomic E-state index is -3.52. The number of nitrogens with zero attached hydrogens (tertiary/aromatic N) is 1. The molecule has 3 rings (SSSR count). The maximum Gasteiger partial charge on any atom is 0.240 e. The van der Waals surface area contributed by atoms with Crippen molar-refractivity contribution in [1.82, 2.24) is 9.62 Å². The number of hydrogen-bond donors (Lipinski definition) is 1. The molecule has 1 fully saturated rings. The molecule has 2 heterocycles. The Labute approximate surface area is 167 Å². The second-order valence-corrected chi connectivity index (χ2v) is 10.8. The van der Waals surface area contributed by atoms with Crippen LogP contribution in [-0.4, -0.2) is 33.0 Å². The van der Waals surface area contributed by atoms with Crippen molar-refractivity contribution in [3.8, 4) is 0 Å². The molecule has 6 heteroatoms. The Morgan fingerprint density at radius 3 is 2.30 bits per heavy atom. The van der Waals surface area contributed by atoms with Crippen LogP contribution < -0.4 is 4.72 Å². The average Bonchev–Trinajstić information content (AvgIpc) is 3.16. The standard InChI is InChI=1S/C21H30N2O2S2/c1-21(2,3)18-7-9-19(10-8-18)27(24,25)22-15-20(17-11-14-26-16-17)23-12-5-4-6-13-23/h7-11,14,16,20,22H,4-6,12-13,15H2,1-3H3. The van der Waals surface area contributed by atoms with E-state index >= 15 is 0 Å². The van der Waals surface area contributed by atoms with Crippen LogP contribution >= 0.6 is 11.3 Å². The third-order valence-electron chi connectivity index (χ3n) is 5.26. The number of rotatable bonds is 6. The summed E-state index contributed by atoms with van der Waals surface area (Å²) < 4.78 is 28.5. The summed E-state index contributed by atoms with van der Waals surface area (Å²) in [5.74, 6) is 0. The third kappa shape index (κ3) is 5.19. The molecular weight excluding hydrogens is 376 g/mol. The number of piperidine rings is 1. The zero-order valence-electron chi connectivity index (χ0n) is 16.4. The molecule has 0 saturated carbocycles. The summed E-state index contributed by atoms with van der Waals surface area (Å²) in [5.41, 5.74) is 2.34. The van der Waals surface area contributed by atoms with Gasteiger partial charge in [-0.3, -0.25) is 4.90 Å². The fourth-order valence-corrected chi connectivity index (χ4v) is 5.30. The van der Waals surface area contributed by atoms with E-state index in [2.05, 4.69) is 47.2 Å². The van der Waals surface area contributed by atoms with E-state index in [0.717, 1.165) is 18.7 Å².